The van der Waals surface area contributed by atoms with Gasteiger partial charge in [-0.15, -0.1) is 0 Å². The zero-order valence-electron chi connectivity index (χ0n) is 15.6. The lowest BCUT2D eigenvalue weighted by molar-refractivity contribution is 0.367. The van der Waals surface area contributed by atoms with Gasteiger partial charge in [0.25, 0.3) is 0 Å². The van der Waals surface area contributed by atoms with Gasteiger partial charge >= 0.3 is 5.69 Å². The predicted molar refractivity (Wildman–Crippen MR) is 96.8 cm³/mol. The Labute approximate surface area is 152 Å². The topological polar surface area (TPSA) is 80.9 Å². The molecule has 3 heterocycles. The largest absolute Gasteiger partial charge is 0.365 e. The molecular weight excluding hydrogens is 337 g/mol. The van der Waals surface area contributed by atoms with E-state index in [1.807, 2.05) is 25.9 Å². The van der Waals surface area contributed by atoms with E-state index in [0.717, 1.165) is 25.2 Å². The van der Waals surface area contributed by atoms with Gasteiger partial charge in [0.15, 0.2) is 11.6 Å². The quantitative estimate of drug-likeness (QED) is 0.822. The highest BCUT2D eigenvalue weighted by atomic mass is 19.1. The fourth-order valence-corrected chi connectivity index (χ4v) is 3.16. The average molecular weight is 363 g/mol. The molecule has 0 bridgehead atoms. The van der Waals surface area contributed by atoms with Gasteiger partial charge in [-0.25, -0.2) is 23.8 Å². The maximum Gasteiger partial charge on any atom is 0.345 e. The maximum absolute atomic E-state index is 14.3. The molecule has 1 atom stereocenters. The van der Waals surface area contributed by atoms with E-state index in [4.69, 9.17) is 0 Å². The molecule has 9 heteroatoms. The van der Waals surface area contributed by atoms with Crippen LogP contribution in [0, 0.1) is 5.82 Å². The second-order valence-electron chi connectivity index (χ2n) is 6.88. The average Bonchev–Trinajstić information content (AvgIpc) is 2.78. The van der Waals surface area contributed by atoms with Gasteiger partial charge in [0.1, 0.15) is 12.2 Å². The molecule has 26 heavy (non-hydrogen) atoms. The number of fused-ring (bicyclic) bond motifs is 1. The van der Waals surface area contributed by atoms with E-state index in [0.29, 0.717) is 31.6 Å². The van der Waals surface area contributed by atoms with Gasteiger partial charge in [-0.2, -0.15) is 5.10 Å². The number of halogens is 1. The first-order valence-electron chi connectivity index (χ1n) is 9.06. The highest BCUT2D eigenvalue weighted by Crippen LogP contribution is 2.19. The first-order chi connectivity index (χ1) is 12.5. The van der Waals surface area contributed by atoms with Gasteiger partial charge in [0.05, 0.1) is 12.2 Å². The first-order valence-corrected chi connectivity index (χ1v) is 9.06. The predicted octanol–water partition coefficient (Wildman–Crippen LogP) is 0.915. The van der Waals surface area contributed by atoms with Crippen LogP contribution in [0.15, 0.2) is 11.1 Å². The molecule has 3 rings (SSSR count). The lowest BCUT2D eigenvalue weighted by Crippen LogP contribution is -2.30. The van der Waals surface area contributed by atoms with Crippen LogP contribution < -0.4 is 11.0 Å². The Morgan fingerprint density at radius 2 is 2.15 bits per heavy atom. The van der Waals surface area contributed by atoms with Crippen LogP contribution >= 0.6 is 0 Å². The highest BCUT2D eigenvalue weighted by molar-refractivity contribution is 5.38. The lowest BCUT2D eigenvalue weighted by atomic mass is 10.1. The van der Waals surface area contributed by atoms with Crippen LogP contribution in [0.5, 0.6) is 0 Å². The molecule has 0 spiro atoms. The summed E-state index contributed by atoms with van der Waals surface area (Å²) < 4.78 is 17.6. The van der Waals surface area contributed by atoms with Crippen molar-refractivity contribution in [1.82, 2.24) is 29.2 Å². The smallest absolute Gasteiger partial charge is 0.345 e. The van der Waals surface area contributed by atoms with E-state index in [2.05, 4.69) is 20.4 Å². The molecule has 1 unspecified atom stereocenters. The van der Waals surface area contributed by atoms with Crippen LogP contribution in [-0.2, 0) is 25.9 Å². The van der Waals surface area contributed by atoms with E-state index in [9.17, 15) is 9.18 Å². The van der Waals surface area contributed by atoms with Gasteiger partial charge in [0.2, 0.25) is 0 Å². The maximum atomic E-state index is 14.3. The van der Waals surface area contributed by atoms with Crippen LogP contribution in [0.25, 0.3) is 0 Å². The van der Waals surface area contributed by atoms with Crippen LogP contribution in [0.1, 0.15) is 31.3 Å². The first kappa shape index (κ1) is 18.5. The second kappa shape index (κ2) is 7.94. The van der Waals surface area contributed by atoms with Crippen molar-refractivity contribution < 1.29 is 4.39 Å². The summed E-state index contributed by atoms with van der Waals surface area (Å²) in [6, 6.07) is 0.0421. The van der Waals surface area contributed by atoms with Crippen molar-refractivity contribution in [3.8, 4) is 0 Å². The molecule has 2 aromatic heterocycles. The molecule has 0 aliphatic carbocycles. The minimum atomic E-state index is -0.386. The number of rotatable bonds is 6. The van der Waals surface area contributed by atoms with E-state index < -0.39 is 0 Å². The minimum absolute atomic E-state index is 0.0421. The molecule has 0 radical (unpaired) electrons. The van der Waals surface area contributed by atoms with Crippen LogP contribution in [0.4, 0.5) is 10.2 Å². The van der Waals surface area contributed by atoms with Crippen molar-refractivity contribution in [2.75, 3.05) is 26.0 Å². The van der Waals surface area contributed by atoms with Gasteiger partial charge < -0.3 is 10.2 Å². The molecular formula is C17H26FN7O. The zero-order valence-corrected chi connectivity index (χ0v) is 15.6. The summed E-state index contributed by atoms with van der Waals surface area (Å²) in [7, 11) is 3.94. The van der Waals surface area contributed by atoms with E-state index in [1.165, 1.54) is 6.33 Å². The number of hydrogen-bond donors (Lipinski definition) is 1. The SMILES string of the molecule is CCc1ncnc(NC2CCc3nn(CCN(C)C)c(=O)n3CC2)c1F. The van der Waals surface area contributed by atoms with Crippen molar-refractivity contribution in [3.63, 3.8) is 0 Å². The molecule has 2 aromatic rings. The Morgan fingerprint density at radius 1 is 1.35 bits per heavy atom. The summed E-state index contributed by atoms with van der Waals surface area (Å²) in [5.41, 5.74) is 0.344. The fraction of sp³-hybridized carbons (Fsp3) is 0.647. The second-order valence-corrected chi connectivity index (χ2v) is 6.88. The standard InChI is InChI=1S/C17H26FN7O/c1-4-13-15(18)16(20-11-19-13)21-12-5-6-14-22-25(10-9-23(2)3)17(26)24(14)8-7-12/h11-12H,4-10H2,1-3H3,(H,19,20,21). The Kier molecular flexibility index (Phi) is 5.65. The van der Waals surface area contributed by atoms with Crippen molar-refractivity contribution in [1.29, 1.82) is 0 Å². The zero-order chi connectivity index (χ0) is 18.7. The molecule has 0 saturated heterocycles. The Hall–Kier alpha value is -2.29. The Morgan fingerprint density at radius 3 is 2.88 bits per heavy atom. The summed E-state index contributed by atoms with van der Waals surface area (Å²) >= 11 is 0. The summed E-state index contributed by atoms with van der Waals surface area (Å²) in [6.45, 7) is 3.79. The summed E-state index contributed by atoms with van der Waals surface area (Å²) in [5.74, 6) is 0.656. The summed E-state index contributed by atoms with van der Waals surface area (Å²) in [6.07, 6.45) is 4.08. The molecule has 0 amide bonds. The molecule has 1 aliphatic heterocycles. The normalized spacial score (nSPS) is 17.2. The number of nitrogens with one attached hydrogen (secondary N) is 1. The molecule has 1 N–H and O–H groups in total. The van der Waals surface area contributed by atoms with Gasteiger partial charge in [0, 0.05) is 25.6 Å². The molecule has 0 fully saturated rings. The number of hydrogen-bond acceptors (Lipinski definition) is 6. The van der Waals surface area contributed by atoms with Gasteiger partial charge in [-0.3, -0.25) is 4.57 Å². The van der Waals surface area contributed by atoms with Crippen LogP contribution in [-0.4, -0.2) is 55.9 Å². The van der Waals surface area contributed by atoms with E-state index >= 15 is 0 Å². The molecule has 1 aliphatic rings. The number of aromatic nitrogens is 5. The van der Waals surface area contributed by atoms with Crippen molar-refractivity contribution in [2.24, 2.45) is 0 Å². The van der Waals surface area contributed by atoms with Crippen LogP contribution in [0.3, 0.4) is 0 Å². The van der Waals surface area contributed by atoms with E-state index in [-0.39, 0.29) is 23.4 Å². The third-order valence-corrected chi connectivity index (χ3v) is 4.71. The summed E-state index contributed by atoms with van der Waals surface area (Å²) in [4.78, 5) is 22.5. The molecule has 142 valence electrons. The lowest BCUT2D eigenvalue weighted by Gasteiger charge is -2.17. The fourth-order valence-electron chi connectivity index (χ4n) is 3.16. The van der Waals surface area contributed by atoms with Crippen molar-refractivity contribution in [2.45, 2.75) is 51.7 Å². The van der Waals surface area contributed by atoms with Crippen LogP contribution in [0.2, 0.25) is 0 Å². The van der Waals surface area contributed by atoms with Gasteiger partial charge in [-0.1, -0.05) is 6.92 Å². The Bertz CT molecular complexity index is 814. The minimum Gasteiger partial charge on any atom is -0.365 e. The van der Waals surface area contributed by atoms with E-state index in [1.54, 1.807) is 9.25 Å². The summed E-state index contributed by atoms with van der Waals surface area (Å²) in [5, 5.41) is 7.66. The third-order valence-electron chi connectivity index (χ3n) is 4.71. The number of likely N-dealkylation sites (N-methyl/N-ethyl adjacent to an activating group) is 1. The monoisotopic (exact) mass is 363 g/mol. The Balaban J connectivity index is 1.68. The molecule has 0 aromatic carbocycles. The number of nitrogens with zero attached hydrogens (tertiary/aromatic N) is 6. The molecule has 8 nitrogen and oxygen atoms in total. The van der Waals surface area contributed by atoms with Gasteiger partial charge in [-0.05, 0) is 33.4 Å². The highest BCUT2D eigenvalue weighted by Gasteiger charge is 2.22. The molecule has 0 saturated carbocycles. The third kappa shape index (κ3) is 3.92. The number of aryl methyl sites for hydroxylation is 2. The van der Waals surface area contributed by atoms with Crippen molar-refractivity contribution in [3.05, 3.63) is 34.1 Å². The number of anilines is 1. The van der Waals surface area contributed by atoms with Crippen molar-refractivity contribution >= 4 is 5.82 Å².